The summed E-state index contributed by atoms with van der Waals surface area (Å²) in [5.41, 5.74) is 0. The molecule has 0 spiro atoms. The topological polar surface area (TPSA) is 0 Å². The predicted molar refractivity (Wildman–Crippen MR) is 10.3 cm³/mol. The van der Waals surface area contributed by atoms with Crippen LogP contribution in [0.25, 0.3) is 0 Å². The fraction of sp³-hybridized carbons (Fsp3) is 0. The summed E-state index contributed by atoms with van der Waals surface area (Å²) in [7, 11) is 0. The van der Waals surface area contributed by atoms with Gasteiger partial charge in [0.25, 0.3) is 0 Å². The van der Waals surface area contributed by atoms with Gasteiger partial charge >= 0.3 is 0 Å². The van der Waals surface area contributed by atoms with Crippen molar-refractivity contribution in [1.29, 1.82) is 0 Å². The molecule has 0 bridgehead atoms. The van der Waals surface area contributed by atoms with Crippen LogP contribution in [0.1, 0.15) is 0 Å². The van der Waals surface area contributed by atoms with Gasteiger partial charge in [0, 0.05) is 80.7 Å². The summed E-state index contributed by atoms with van der Waals surface area (Å²) in [6.07, 6.45) is 0. The third-order valence-corrected chi connectivity index (χ3v) is 0. The molecule has 0 saturated carbocycles. The van der Waals surface area contributed by atoms with E-state index in [1.807, 2.05) is 0 Å². The maximum absolute atomic E-state index is 0. The van der Waals surface area contributed by atoms with Gasteiger partial charge in [-0.3, -0.25) is 0 Å². The zero-order chi connectivity index (χ0) is 0. The summed E-state index contributed by atoms with van der Waals surface area (Å²) >= 11 is 0. The van der Waals surface area contributed by atoms with Crippen LogP contribution in [0, 0.1) is 41.7 Å². The second kappa shape index (κ2) is 16.5. The van der Waals surface area contributed by atoms with Crippen LogP contribution in [-0.2, 0) is 39.0 Å². The van der Waals surface area contributed by atoms with Gasteiger partial charge in [-0.05, 0) is 0 Å². The molecule has 4 heavy (non-hydrogen) atoms. The molecule has 0 fully saturated rings. The molecule has 0 aliphatic heterocycles. The van der Waals surface area contributed by atoms with Crippen molar-refractivity contribution in [2.75, 3.05) is 0 Å². The summed E-state index contributed by atoms with van der Waals surface area (Å²) in [5, 5.41) is 0. The quantitative estimate of drug-likeness (QED) is 0.560. The largest absolute Gasteiger partial charge is 0.114 e. The molecule has 0 radical (unpaired) electrons. The molecule has 0 N–H and O–H groups in total. The molecule has 0 amide bonds. The maximum atomic E-state index is 0. The number of hydrogen-bond acceptors (Lipinski definition) is 0. The van der Waals surface area contributed by atoms with Gasteiger partial charge in [-0.25, -0.2) is 0 Å². The third-order valence-electron chi connectivity index (χ3n) is 0. The van der Waals surface area contributed by atoms with Gasteiger partial charge in [0.2, 0.25) is 0 Å². The van der Waals surface area contributed by atoms with Gasteiger partial charge in [-0.2, -0.15) is 0 Å². The first-order chi connectivity index (χ1) is 0. The van der Waals surface area contributed by atoms with E-state index in [9.17, 15) is 0 Å². The van der Waals surface area contributed by atoms with Crippen LogP contribution in [0.2, 0.25) is 0 Å². The molecule has 0 aromatic rings. The Morgan fingerprint density at radius 1 is 0.750 bits per heavy atom. The number of hydrogen-bond donors (Lipinski definition) is 0. The van der Waals surface area contributed by atoms with E-state index in [4.69, 9.17) is 0 Å². The van der Waals surface area contributed by atoms with Gasteiger partial charge < -0.3 is 0 Å². The Balaban J connectivity index is 0. The monoisotopic (exact) mass is 348 g/mol. The maximum Gasteiger partial charge on any atom is 0 e. The Kier molecular flexibility index (Phi) is 113. The first kappa shape index (κ1) is 27.5. The SMILES string of the molecule is Br.[Ce].[Zn].[Zn]. The fourth-order valence-corrected chi connectivity index (χ4v) is 0. The Hall–Kier alpha value is 3.10. The van der Waals surface area contributed by atoms with E-state index < -0.39 is 0 Å². The van der Waals surface area contributed by atoms with Crippen molar-refractivity contribution in [3.8, 4) is 0 Å². The summed E-state index contributed by atoms with van der Waals surface area (Å²) in [4.78, 5) is 0. The molecule has 4 heteroatoms. The molecular weight excluding hydrogens is 351 g/mol. The summed E-state index contributed by atoms with van der Waals surface area (Å²) in [6, 6.07) is 0. The van der Waals surface area contributed by atoms with E-state index in [-0.39, 0.29) is 97.7 Å². The molecule has 0 atom stereocenters. The van der Waals surface area contributed by atoms with Crippen molar-refractivity contribution >= 4 is 17.0 Å². The van der Waals surface area contributed by atoms with E-state index in [0.29, 0.717) is 0 Å². The van der Waals surface area contributed by atoms with E-state index in [0.717, 1.165) is 0 Å². The molecule has 0 nitrogen and oxygen atoms in total. The van der Waals surface area contributed by atoms with E-state index >= 15 is 0 Å². The van der Waals surface area contributed by atoms with Crippen molar-refractivity contribution in [3.63, 3.8) is 0 Å². The van der Waals surface area contributed by atoms with Gasteiger partial charge in [0.05, 0.1) is 0 Å². The Labute approximate surface area is 95.5 Å². The van der Waals surface area contributed by atoms with Gasteiger partial charge in [-0.15, -0.1) is 17.0 Å². The average molecular weight is 352 g/mol. The Bertz CT molecular complexity index is 6.00. The molecule has 0 aliphatic rings. The molecule has 16 valence electrons. The van der Waals surface area contributed by atoms with Gasteiger partial charge in [0.1, 0.15) is 0 Å². The molecule has 0 heterocycles. The predicted octanol–water partition coefficient (Wildman–Crippen LogP) is 0.573. The third kappa shape index (κ3) is 8.92. The van der Waals surface area contributed by atoms with Crippen molar-refractivity contribution in [1.82, 2.24) is 0 Å². The average Bonchev–Trinajstić information content (AvgIpc) is 0. The smallest absolute Gasteiger partial charge is 0 e. The summed E-state index contributed by atoms with van der Waals surface area (Å²) < 4.78 is 0. The van der Waals surface area contributed by atoms with Crippen molar-refractivity contribution in [2.45, 2.75) is 0 Å². The first-order valence-electron chi connectivity index (χ1n) is 0. The minimum absolute atomic E-state index is 0. The molecule has 0 unspecified atom stereocenters. The zero-order valence-corrected chi connectivity index (χ0v) is 13.1. The van der Waals surface area contributed by atoms with Crippen LogP contribution in [0.5, 0.6) is 0 Å². The minimum Gasteiger partial charge on any atom is -0.114 e. The normalized spacial score (nSPS) is 0. The van der Waals surface area contributed by atoms with Crippen LogP contribution in [-0.4, -0.2) is 0 Å². The van der Waals surface area contributed by atoms with E-state index in [2.05, 4.69) is 0 Å². The Morgan fingerprint density at radius 3 is 0.750 bits per heavy atom. The number of halogens is 1. The van der Waals surface area contributed by atoms with E-state index in [1.165, 1.54) is 0 Å². The summed E-state index contributed by atoms with van der Waals surface area (Å²) in [5.74, 6) is 0. The molecule has 0 aromatic carbocycles. The molecule has 0 aromatic heterocycles. The van der Waals surface area contributed by atoms with Gasteiger partial charge in [-0.1, -0.05) is 0 Å². The Morgan fingerprint density at radius 2 is 0.750 bits per heavy atom. The molecule has 0 rings (SSSR count). The molecule has 0 saturated heterocycles. The van der Waals surface area contributed by atoms with Crippen molar-refractivity contribution in [2.24, 2.45) is 0 Å². The second-order valence-electron chi connectivity index (χ2n) is 0. The first-order valence-corrected chi connectivity index (χ1v) is 0. The van der Waals surface area contributed by atoms with Crippen LogP contribution in [0.3, 0.4) is 0 Å². The van der Waals surface area contributed by atoms with Crippen LogP contribution < -0.4 is 0 Å². The van der Waals surface area contributed by atoms with Crippen LogP contribution in [0.4, 0.5) is 0 Å². The van der Waals surface area contributed by atoms with Crippen LogP contribution in [0.15, 0.2) is 0 Å². The number of rotatable bonds is 0. The summed E-state index contributed by atoms with van der Waals surface area (Å²) in [6.45, 7) is 0. The second-order valence-corrected chi connectivity index (χ2v) is 0. The fourth-order valence-electron chi connectivity index (χ4n) is 0. The van der Waals surface area contributed by atoms with Gasteiger partial charge in [0.15, 0.2) is 0 Å². The zero-order valence-electron chi connectivity index (χ0n) is 2.32. The molecular formula is HBrCeZn2. The van der Waals surface area contributed by atoms with E-state index in [1.54, 1.807) is 0 Å². The molecule has 0 aliphatic carbocycles. The standard InChI is InChI=1S/BrH.Ce.2Zn/h1H;;;. The van der Waals surface area contributed by atoms with Crippen LogP contribution >= 0.6 is 17.0 Å². The minimum atomic E-state index is 0. The van der Waals surface area contributed by atoms with Crippen molar-refractivity contribution in [3.05, 3.63) is 0 Å². The van der Waals surface area contributed by atoms with Crippen molar-refractivity contribution < 1.29 is 80.7 Å².